The van der Waals surface area contributed by atoms with Crippen molar-refractivity contribution in [1.29, 1.82) is 0 Å². The van der Waals surface area contributed by atoms with Crippen molar-refractivity contribution in [3.8, 4) is 11.1 Å². The first kappa shape index (κ1) is 20.6. The molecule has 2 aromatic heterocycles. The summed E-state index contributed by atoms with van der Waals surface area (Å²) >= 11 is 0. The number of rotatable bonds is 7. The Balaban J connectivity index is 1.47. The van der Waals surface area contributed by atoms with E-state index in [-0.39, 0.29) is 11.8 Å². The smallest absolute Gasteiger partial charge is 0.227 e. The molecular formula is C25H26N4O2. The van der Waals surface area contributed by atoms with Crippen molar-refractivity contribution in [2.24, 2.45) is 0 Å². The van der Waals surface area contributed by atoms with Gasteiger partial charge in [-0.3, -0.25) is 9.48 Å². The molecule has 0 bridgehead atoms. The monoisotopic (exact) mass is 414 g/mol. The molecule has 31 heavy (non-hydrogen) atoms. The molecule has 4 rings (SSSR count). The van der Waals surface area contributed by atoms with E-state index >= 15 is 0 Å². The Hall–Kier alpha value is -3.67. The van der Waals surface area contributed by atoms with Gasteiger partial charge in [-0.25, -0.2) is 0 Å². The molecule has 0 spiro atoms. The van der Waals surface area contributed by atoms with Crippen LogP contribution < -0.4 is 5.32 Å². The third-order valence-electron chi connectivity index (χ3n) is 5.55. The Morgan fingerprint density at radius 2 is 1.87 bits per heavy atom. The van der Waals surface area contributed by atoms with Crippen LogP contribution in [0.2, 0.25) is 0 Å². The van der Waals surface area contributed by atoms with Crippen molar-refractivity contribution >= 4 is 5.91 Å². The first-order chi connectivity index (χ1) is 15.0. The second kappa shape index (κ2) is 9.00. The minimum Gasteiger partial charge on any atom is -0.361 e. The van der Waals surface area contributed by atoms with Crippen molar-refractivity contribution in [2.75, 3.05) is 0 Å². The van der Waals surface area contributed by atoms with Gasteiger partial charge in [0.05, 0.1) is 18.2 Å². The molecule has 4 aromatic rings. The lowest BCUT2D eigenvalue weighted by Gasteiger charge is -2.15. The summed E-state index contributed by atoms with van der Waals surface area (Å²) in [6.45, 7) is 6.78. The number of hydrogen-bond donors (Lipinski definition) is 1. The quantitative estimate of drug-likeness (QED) is 0.479. The fraction of sp³-hybridized carbons (Fsp3) is 0.240. The molecule has 1 N–H and O–H groups in total. The van der Waals surface area contributed by atoms with E-state index in [0.29, 0.717) is 12.3 Å². The zero-order chi connectivity index (χ0) is 21.8. The number of aromatic nitrogens is 3. The number of carbonyl (C=O) groups excluding carboxylic acids is 1. The summed E-state index contributed by atoms with van der Waals surface area (Å²) in [5.74, 6) is 0.328. The lowest BCUT2D eigenvalue weighted by Crippen LogP contribution is -2.28. The molecule has 1 amide bonds. The molecule has 1 unspecified atom stereocenters. The van der Waals surface area contributed by atoms with E-state index in [9.17, 15) is 4.79 Å². The second-order valence-corrected chi connectivity index (χ2v) is 7.74. The zero-order valence-corrected chi connectivity index (χ0v) is 18.0. The molecule has 158 valence electrons. The maximum atomic E-state index is 12.8. The molecule has 0 fully saturated rings. The van der Waals surface area contributed by atoms with Crippen molar-refractivity contribution < 1.29 is 9.32 Å². The largest absolute Gasteiger partial charge is 0.361 e. The van der Waals surface area contributed by atoms with Crippen LogP contribution in [0.1, 0.15) is 41.0 Å². The van der Waals surface area contributed by atoms with Gasteiger partial charge >= 0.3 is 0 Å². The molecule has 1 atom stereocenters. The Labute approximate surface area is 181 Å². The Morgan fingerprint density at radius 3 is 2.55 bits per heavy atom. The lowest BCUT2D eigenvalue weighted by atomic mass is 9.97. The highest BCUT2D eigenvalue weighted by atomic mass is 16.5. The summed E-state index contributed by atoms with van der Waals surface area (Å²) in [6, 6.07) is 18.5. The summed E-state index contributed by atoms with van der Waals surface area (Å²) in [4.78, 5) is 12.8. The molecule has 0 saturated carbocycles. The standard InChI is InChI=1S/C25H26N4O2/c1-17(24-18(2)28-31-19(24)3)25(30)26-15-22-7-4-5-8-23(22)21-11-9-20(10-12-21)16-29-14-6-13-27-29/h4-14,17H,15-16H2,1-3H3,(H,26,30). The maximum Gasteiger partial charge on any atom is 0.227 e. The van der Waals surface area contributed by atoms with Crippen LogP contribution in [0.4, 0.5) is 0 Å². The molecule has 0 aliphatic heterocycles. The van der Waals surface area contributed by atoms with Gasteiger partial charge in [-0.1, -0.05) is 53.7 Å². The highest BCUT2D eigenvalue weighted by Crippen LogP contribution is 2.26. The van der Waals surface area contributed by atoms with Crippen LogP contribution in [0, 0.1) is 13.8 Å². The van der Waals surface area contributed by atoms with Crippen molar-refractivity contribution in [1.82, 2.24) is 20.3 Å². The number of carbonyl (C=O) groups is 1. The molecule has 2 heterocycles. The van der Waals surface area contributed by atoms with Crippen molar-refractivity contribution in [3.63, 3.8) is 0 Å². The van der Waals surface area contributed by atoms with Gasteiger partial charge in [0, 0.05) is 24.5 Å². The van der Waals surface area contributed by atoms with E-state index in [0.717, 1.165) is 34.5 Å². The normalized spacial score (nSPS) is 12.0. The number of benzene rings is 2. The van der Waals surface area contributed by atoms with E-state index < -0.39 is 0 Å². The van der Waals surface area contributed by atoms with Gasteiger partial charge in [0.1, 0.15) is 5.76 Å². The zero-order valence-electron chi connectivity index (χ0n) is 18.0. The van der Waals surface area contributed by atoms with Gasteiger partial charge in [-0.05, 0) is 49.1 Å². The Kier molecular flexibility index (Phi) is 5.98. The van der Waals surface area contributed by atoms with Gasteiger partial charge in [0.25, 0.3) is 0 Å². The second-order valence-electron chi connectivity index (χ2n) is 7.74. The number of nitrogens with zero attached hydrogens (tertiary/aromatic N) is 3. The summed E-state index contributed by atoms with van der Waals surface area (Å²) in [7, 11) is 0. The van der Waals surface area contributed by atoms with Crippen LogP contribution in [0.3, 0.4) is 0 Å². The van der Waals surface area contributed by atoms with Crippen LogP contribution in [0.5, 0.6) is 0 Å². The van der Waals surface area contributed by atoms with Crippen LogP contribution in [-0.4, -0.2) is 20.8 Å². The third kappa shape index (κ3) is 4.58. The van der Waals surface area contributed by atoms with Gasteiger partial charge < -0.3 is 9.84 Å². The molecule has 2 aromatic carbocycles. The fourth-order valence-corrected chi connectivity index (χ4v) is 3.90. The van der Waals surface area contributed by atoms with Crippen molar-refractivity contribution in [2.45, 2.75) is 39.8 Å². The first-order valence-corrected chi connectivity index (χ1v) is 10.4. The van der Waals surface area contributed by atoms with E-state index in [1.165, 1.54) is 5.56 Å². The minimum absolute atomic E-state index is 0.0428. The number of aryl methyl sites for hydroxylation is 2. The van der Waals surface area contributed by atoms with Crippen LogP contribution in [0.25, 0.3) is 11.1 Å². The predicted molar refractivity (Wildman–Crippen MR) is 119 cm³/mol. The summed E-state index contributed by atoms with van der Waals surface area (Å²) < 4.78 is 7.11. The van der Waals surface area contributed by atoms with Crippen LogP contribution in [0.15, 0.2) is 71.5 Å². The number of hydrogen-bond acceptors (Lipinski definition) is 4. The van der Waals surface area contributed by atoms with Gasteiger partial charge in [-0.15, -0.1) is 0 Å². The van der Waals surface area contributed by atoms with E-state index in [4.69, 9.17) is 4.52 Å². The van der Waals surface area contributed by atoms with Gasteiger partial charge in [0.2, 0.25) is 5.91 Å². The van der Waals surface area contributed by atoms with Gasteiger partial charge in [0.15, 0.2) is 0 Å². The molecule has 0 aliphatic rings. The molecule has 6 heteroatoms. The fourth-order valence-electron chi connectivity index (χ4n) is 3.90. The molecule has 0 saturated heterocycles. The molecule has 6 nitrogen and oxygen atoms in total. The number of nitrogens with one attached hydrogen (secondary N) is 1. The summed E-state index contributed by atoms with van der Waals surface area (Å²) in [5.41, 5.74) is 6.11. The van der Waals surface area contributed by atoms with Crippen molar-refractivity contribution in [3.05, 3.63) is 95.1 Å². The van der Waals surface area contributed by atoms with E-state index in [1.54, 1.807) is 6.20 Å². The van der Waals surface area contributed by atoms with Crippen LogP contribution in [-0.2, 0) is 17.9 Å². The highest BCUT2D eigenvalue weighted by molar-refractivity contribution is 5.84. The Bertz CT molecular complexity index is 1140. The minimum atomic E-state index is -0.319. The van der Waals surface area contributed by atoms with Crippen LogP contribution >= 0.6 is 0 Å². The summed E-state index contributed by atoms with van der Waals surface area (Å²) in [6.07, 6.45) is 3.74. The van der Waals surface area contributed by atoms with E-state index in [2.05, 4.69) is 45.9 Å². The van der Waals surface area contributed by atoms with Gasteiger partial charge in [-0.2, -0.15) is 5.10 Å². The molecule has 0 aliphatic carbocycles. The number of amides is 1. The average Bonchev–Trinajstić information content (AvgIpc) is 3.41. The first-order valence-electron chi connectivity index (χ1n) is 10.4. The highest BCUT2D eigenvalue weighted by Gasteiger charge is 2.22. The Morgan fingerprint density at radius 1 is 1.10 bits per heavy atom. The summed E-state index contributed by atoms with van der Waals surface area (Å²) in [5, 5.41) is 11.3. The maximum absolute atomic E-state index is 12.8. The topological polar surface area (TPSA) is 73.0 Å². The third-order valence-corrected chi connectivity index (χ3v) is 5.55. The SMILES string of the molecule is Cc1noc(C)c1C(C)C(=O)NCc1ccccc1-c1ccc(Cn2cccn2)cc1. The predicted octanol–water partition coefficient (Wildman–Crippen LogP) is 4.62. The molecular weight excluding hydrogens is 388 g/mol. The van der Waals surface area contributed by atoms with E-state index in [1.807, 2.05) is 55.9 Å². The molecule has 0 radical (unpaired) electrons. The average molecular weight is 415 g/mol. The lowest BCUT2D eigenvalue weighted by molar-refractivity contribution is -0.122.